The van der Waals surface area contributed by atoms with E-state index in [1.807, 2.05) is 13.8 Å². The molecule has 1 N–H and O–H groups in total. The van der Waals surface area contributed by atoms with Crippen LogP contribution in [-0.2, 0) is 9.47 Å². The van der Waals surface area contributed by atoms with Gasteiger partial charge in [-0.2, -0.15) is 0 Å². The van der Waals surface area contributed by atoms with Crippen LogP contribution in [0.5, 0.6) is 0 Å². The molecule has 3 heteroatoms. The summed E-state index contributed by atoms with van der Waals surface area (Å²) in [5.74, 6) is -0.0362. The molecule has 1 fully saturated rings. The third kappa shape index (κ3) is 5.25. The van der Waals surface area contributed by atoms with Gasteiger partial charge >= 0.3 is 0 Å². The van der Waals surface area contributed by atoms with Gasteiger partial charge in [-0.15, -0.1) is 0 Å². The Balaban J connectivity index is 2.49. The van der Waals surface area contributed by atoms with Crippen molar-refractivity contribution in [1.29, 1.82) is 0 Å². The first-order valence-electron chi connectivity index (χ1n) is 7.37. The summed E-state index contributed by atoms with van der Waals surface area (Å²) in [6.45, 7) is 10.4. The van der Waals surface area contributed by atoms with E-state index in [4.69, 9.17) is 9.47 Å². The summed E-state index contributed by atoms with van der Waals surface area (Å²) in [7, 11) is 0. The largest absolute Gasteiger partial charge is 0.393 e. The van der Waals surface area contributed by atoms with Gasteiger partial charge in [-0.3, -0.25) is 0 Å². The number of ether oxygens (including phenoxy) is 2. The molecule has 0 spiro atoms. The smallest absolute Gasteiger partial charge is 0.163 e. The number of hydrogen-bond donors (Lipinski definition) is 1. The van der Waals surface area contributed by atoms with E-state index in [1.165, 1.54) is 0 Å². The third-order valence-corrected chi connectivity index (χ3v) is 3.55. The second kappa shape index (κ2) is 6.88. The Hall–Kier alpha value is -0.120. The van der Waals surface area contributed by atoms with Crippen LogP contribution in [0.3, 0.4) is 0 Å². The summed E-state index contributed by atoms with van der Waals surface area (Å²) >= 11 is 0. The van der Waals surface area contributed by atoms with Gasteiger partial charge in [0.25, 0.3) is 0 Å². The molecule has 1 aliphatic rings. The standard InChI is InChI=1S/C15H30O3/c1-6-7-8-12(16)9-13-10-14(11(2)3)18-15(4,5)17-13/h11-14,16H,6-10H2,1-5H3/t12?,13-,14-/m1/s1. The van der Waals surface area contributed by atoms with Crippen LogP contribution < -0.4 is 0 Å². The molecule has 0 bridgehead atoms. The van der Waals surface area contributed by atoms with Crippen molar-refractivity contribution >= 4 is 0 Å². The molecule has 108 valence electrons. The summed E-state index contributed by atoms with van der Waals surface area (Å²) in [6, 6.07) is 0. The topological polar surface area (TPSA) is 38.7 Å². The molecule has 1 rings (SSSR count). The van der Waals surface area contributed by atoms with Crippen LogP contribution in [0.2, 0.25) is 0 Å². The van der Waals surface area contributed by atoms with Gasteiger partial charge in [-0.1, -0.05) is 33.6 Å². The first kappa shape index (κ1) is 15.9. The van der Waals surface area contributed by atoms with Crippen molar-refractivity contribution in [2.24, 2.45) is 5.92 Å². The van der Waals surface area contributed by atoms with E-state index < -0.39 is 5.79 Å². The second-order valence-corrected chi connectivity index (χ2v) is 6.31. The minimum absolute atomic E-state index is 0.119. The highest BCUT2D eigenvalue weighted by atomic mass is 16.7. The first-order chi connectivity index (χ1) is 8.34. The van der Waals surface area contributed by atoms with Gasteiger partial charge in [-0.25, -0.2) is 0 Å². The van der Waals surface area contributed by atoms with Gasteiger partial charge < -0.3 is 14.6 Å². The van der Waals surface area contributed by atoms with Crippen LogP contribution in [0.1, 0.15) is 66.7 Å². The molecule has 0 aliphatic carbocycles. The van der Waals surface area contributed by atoms with Crippen LogP contribution in [-0.4, -0.2) is 29.2 Å². The highest BCUT2D eigenvalue weighted by Crippen LogP contribution is 2.32. The lowest BCUT2D eigenvalue weighted by Crippen LogP contribution is -2.47. The fraction of sp³-hybridized carbons (Fsp3) is 1.00. The van der Waals surface area contributed by atoms with Gasteiger partial charge in [0.2, 0.25) is 0 Å². The Morgan fingerprint density at radius 3 is 2.50 bits per heavy atom. The van der Waals surface area contributed by atoms with E-state index >= 15 is 0 Å². The molecule has 0 amide bonds. The SMILES string of the molecule is CCCCC(O)C[C@@H]1C[C@H](C(C)C)OC(C)(C)O1. The summed E-state index contributed by atoms with van der Waals surface area (Å²) < 4.78 is 11.8. The molecule has 0 aromatic carbocycles. The summed E-state index contributed by atoms with van der Waals surface area (Å²) in [5, 5.41) is 10.0. The summed E-state index contributed by atoms with van der Waals surface area (Å²) in [6.07, 6.45) is 4.83. The van der Waals surface area contributed by atoms with Crippen molar-refractivity contribution < 1.29 is 14.6 Å². The highest BCUT2D eigenvalue weighted by molar-refractivity contribution is 4.80. The quantitative estimate of drug-likeness (QED) is 0.792. The summed E-state index contributed by atoms with van der Waals surface area (Å²) in [5.41, 5.74) is 0. The van der Waals surface area contributed by atoms with E-state index in [9.17, 15) is 5.11 Å². The van der Waals surface area contributed by atoms with Crippen LogP contribution in [0.15, 0.2) is 0 Å². The average molecular weight is 258 g/mol. The lowest BCUT2D eigenvalue weighted by atomic mass is 9.94. The van der Waals surface area contributed by atoms with Crippen molar-refractivity contribution in [2.45, 2.75) is 90.8 Å². The molecule has 3 nitrogen and oxygen atoms in total. The van der Waals surface area contributed by atoms with E-state index in [-0.39, 0.29) is 18.3 Å². The molecular weight excluding hydrogens is 228 g/mol. The Morgan fingerprint density at radius 1 is 1.28 bits per heavy atom. The zero-order chi connectivity index (χ0) is 13.8. The average Bonchev–Trinajstić information content (AvgIpc) is 2.24. The van der Waals surface area contributed by atoms with E-state index in [1.54, 1.807) is 0 Å². The number of aliphatic hydroxyl groups is 1. The van der Waals surface area contributed by atoms with Gasteiger partial charge in [0.1, 0.15) is 0 Å². The maximum absolute atomic E-state index is 10.0. The van der Waals surface area contributed by atoms with Crippen molar-refractivity contribution in [3.8, 4) is 0 Å². The molecule has 0 saturated carbocycles. The predicted molar refractivity (Wildman–Crippen MR) is 73.4 cm³/mol. The number of rotatable bonds is 6. The van der Waals surface area contributed by atoms with Gasteiger partial charge in [0, 0.05) is 6.42 Å². The minimum atomic E-state index is -0.525. The maximum atomic E-state index is 10.0. The Kier molecular flexibility index (Phi) is 6.09. The molecule has 1 heterocycles. The lowest BCUT2D eigenvalue weighted by molar-refractivity contribution is -0.309. The molecule has 18 heavy (non-hydrogen) atoms. The fourth-order valence-electron chi connectivity index (χ4n) is 2.56. The van der Waals surface area contributed by atoms with Crippen LogP contribution in [0.4, 0.5) is 0 Å². The zero-order valence-corrected chi connectivity index (χ0v) is 12.6. The molecule has 1 unspecified atom stereocenters. The minimum Gasteiger partial charge on any atom is -0.393 e. The number of hydrogen-bond acceptors (Lipinski definition) is 3. The van der Waals surface area contributed by atoms with Crippen molar-refractivity contribution in [2.75, 3.05) is 0 Å². The third-order valence-electron chi connectivity index (χ3n) is 3.55. The Bertz CT molecular complexity index is 238. The molecule has 3 atom stereocenters. The molecule has 1 saturated heterocycles. The van der Waals surface area contributed by atoms with Crippen molar-refractivity contribution in [3.05, 3.63) is 0 Å². The Labute approximate surface area is 112 Å². The fourth-order valence-corrected chi connectivity index (χ4v) is 2.56. The van der Waals surface area contributed by atoms with Gasteiger partial charge in [0.05, 0.1) is 18.3 Å². The number of aliphatic hydroxyl groups excluding tert-OH is 1. The first-order valence-corrected chi connectivity index (χ1v) is 7.37. The van der Waals surface area contributed by atoms with E-state index in [0.29, 0.717) is 5.92 Å². The maximum Gasteiger partial charge on any atom is 0.163 e. The van der Waals surface area contributed by atoms with Crippen LogP contribution >= 0.6 is 0 Å². The number of unbranched alkanes of at least 4 members (excludes halogenated alkanes) is 1. The molecule has 0 aromatic heterocycles. The molecule has 0 aromatic rings. The van der Waals surface area contributed by atoms with E-state index in [0.717, 1.165) is 32.1 Å². The Morgan fingerprint density at radius 2 is 1.94 bits per heavy atom. The predicted octanol–water partition coefficient (Wildman–Crippen LogP) is 3.49. The van der Waals surface area contributed by atoms with Gasteiger partial charge in [-0.05, 0) is 32.6 Å². The van der Waals surface area contributed by atoms with Gasteiger partial charge in [0.15, 0.2) is 5.79 Å². The summed E-state index contributed by atoms with van der Waals surface area (Å²) in [4.78, 5) is 0. The van der Waals surface area contributed by atoms with Crippen molar-refractivity contribution in [1.82, 2.24) is 0 Å². The van der Waals surface area contributed by atoms with Crippen LogP contribution in [0, 0.1) is 5.92 Å². The highest BCUT2D eigenvalue weighted by Gasteiger charge is 2.37. The normalized spacial score (nSPS) is 29.5. The van der Waals surface area contributed by atoms with E-state index in [2.05, 4.69) is 20.8 Å². The second-order valence-electron chi connectivity index (χ2n) is 6.31. The molecule has 1 aliphatic heterocycles. The molecule has 0 radical (unpaired) electrons. The van der Waals surface area contributed by atoms with Crippen LogP contribution in [0.25, 0.3) is 0 Å². The monoisotopic (exact) mass is 258 g/mol. The molecular formula is C15H30O3. The zero-order valence-electron chi connectivity index (χ0n) is 12.6. The van der Waals surface area contributed by atoms with Crippen molar-refractivity contribution in [3.63, 3.8) is 0 Å². The lowest BCUT2D eigenvalue weighted by Gasteiger charge is -2.42.